The van der Waals surface area contributed by atoms with E-state index in [1.54, 1.807) is 18.2 Å². The lowest BCUT2D eigenvalue weighted by Gasteiger charge is -2.10. The van der Waals surface area contributed by atoms with E-state index in [1.165, 1.54) is 6.92 Å². The van der Waals surface area contributed by atoms with E-state index in [0.29, 0.717) is 15.6 Å². The molecule has 1 atom stereocenters. The van der Waals surface area contributed by atoms with Gasteiger partial charge in [0.15, 0.2) is 0 Å². The Bertz CT molecular complexity index is 448. The van der Waals surface area contributed by atoms with Gasteiger partial charge in [0.1, 0.15) is 6.04 Å². The van der Waals surface area contributed by atoms with Crippen molar-refractivity contribution in [1.82, 2.24) is 5.32 Å². The maximum atomic E-state index is 11.5. The fourth-order valence-electron chi connectivity index (χ4n) is 1.21. The maximum Gasteiger partial charge on any atom is 0.325 e. The molecule has 0 radical (unpaired) electrons. The Morgan fingerprint density at radius 2 is 2.06 bits per heavy atom. The number of hydrogen-bond acceptors (Lipinski definition) is 2. The van der Waals surface area contributed by atoms with E-state index >= 15 is 0 Å². The molecular weight excluding hydrogens is 265 g/mol. The largest absolute Gasteiger partial charge is 0.480 e. The normalized spacial score (nSPS) is 11.9. The van der Waals surface area contributed by atoms with Gasteiger partial charge in [-0.3, -0.25) is 9.59 Å². The second-order valence-corrected chi connectivity index (χ2v) is 4.30. The van der Waals surface area contributed by atoms with Crippen molar-refractivity contribution < 1.29 is 14.7 Å². The average Bonchev–Trinajstić information content (AvgIpc) is 2.24. The maximum absolute atomic E-state index is 11.5. The van der Waals surface area contributed by atoms with Crippen LogP contribution in [0.4, 0.5) is 0 Å². The molecule has 0 spiro atoms. The summed E-state index contributed by atoms with van der Waals surface area (Å²) in [7, 11) is 0. The number of aliphatic carboxylic acids is 1. The summed E-state index contributed by atoms with van der Waals surface area (Å²) in [6.45, 7) is 1.39. The van der Waals surface area contributed by atoms with Gasteiger partial charge in [0.25, 0.3) is 0 Å². The topological polar surface area (TPSA) is 66.4 Å². The summed E-state index contributed by atoms with van der Waals surface area (Å²) in [4.78, 5) is 22.1. The fourth-order valence-corrected chi connectivity index (χ4v) is 1.60. The highest BCUT2D eigenvalue weighted by atomic mass is 35.5. The standard InChI is InChI=1S/C11H11Cl2NO3/c1-6(11(16)17)14-9(15)5-7-3-2-4-8(12)10(7)13/h2-4,6H,5H2,1H3,(H,14,15)(H,16,17)/t6-/m1/s1. The molecule has 0 unspecified atom stereocenters. The van der Waals surface area contributed by atoms with E-state index in [9.17, 15) is 9.59 Å². The Hall–Kier alpha value is -1.26. The number of nitrogens with one attached hydrogen (secondary N) is 1. The van der Waals surface area contributed by atoms with Crippen LogP contribution in [0.5, 0.6) is 0 Å². The highest BCUT2D eigenvalue weighted by Crippen LogP contribution is 2.25. The predicted molar refractivity (Wildman–Crippen MR) is 65.4 cm³/mol. The first kappa shape index (κ1) is 13.8. The molecule has 0 heterocycles. The summed E-state index contributed by atoms with van der Waals surface area (Å²) in [5.74, 6) is -1.50. The lowest BCUT2D eigenvalue weighted by molar-refractivity contribution is -0.141. The molecule has 4 nitrogen and oxygen atoms in total. The predicted octanol–water partition coefficient (Wildman–Crippen LogP) is 2.13. The molecular formula is C11H11Cl2NO3. The molecule has 1 amide bonds. The average molecular weight is 276 g/mol. The second-order valence-electron chi connectivity index (χ2n) is 3.52. The molecule has 0 aromatic heterocycles. The Morgan fingerprint density at radius 1 is 1.41 bits per heavy atom. The van der Waals surface area contributed by atoms with E-state index in [1.807, 2.05) is 0 Å². The van der Waals surface area contributed by atoms with Crippen LogP contribution in [0.1, 0.15) is 12.5 Å². The molecule has 1 rings (SSSR count). The number of carboxylic acids is 1. The van der Waals surface area contributed by atoms with Crippen molar-refractivity contribution in [2.75, 3.05) is 0 Å². The van der Waals surface area contributed by atoms with E-state index < -0.39 is 17.9 Å². The molecule has 0 bridgehead atoms. The van der Waals surface area contributed by atoms with E-state index in [-0.39, 0.29) is 6.42 Å². The van der Waals surface area contributed by atoms with Gasteiger partial charge in [0.2, 0.25) is 5.91 Å². The molecule has 17 heavy (non-hydrogen) atoms. The van der Waals surface area contributed by atoms with Crippen molar-refractivity contribution in [2.45, 2.75) is 19.4 Å². The van der Waals surface area contributed by atoms with Gasteiger partial charge in [-0.05, 0) is 18.6 Å². The summed E-state index contributed by atoms with van der Waals surface area (Å²) in [5, 5.41) is 11.6. The first-order valence-electron chi connectivity index (χ1n) is 4.87. The Balaban J connectivity index is 2.69. The lowest BCUT2D eigenvalue weighted by Crippen LogP contribution is -2.39. The molecule has 2 N–H and O–H groups in total. The number of carbonyl (C=O) groups excluding carboxylic acids is 1. The molecule has 0 fully saturated rings. The van der Waals surface area contributed by atoms with Crippen LogP contribution in [-0.2, 0) is 16.0 Å². The van der Waals surface area contributed by atoms with Crippen molar-refractivity contribution in [3.63, 3.8) is 0 Å². The molecule has 1 aromatic carbocycles. The monoisotopic (exact) mass is 275 g/mol. The highest BCUT2D eigenvalue weighted by Gasteiger charge is 2.15. The zero-order valence-electron chi connectivity index (χ0n) is 9.04. The lowest BCUT2D eigenvalue weighted by atomic mass is 10.1. The zero-order chi connectivity index (χ0) is 13.0. The van der Waals surface area contributed by atoms with Crippen LogP contribution in [0.25, 0.3) is 0 Å². The van der Waals surface area contributed by atoms with Crippen LogP contribution in [-0.4, -0.2) is 23.0 Å². The van der Waals surface area contributed by atoms with Gasteiger partial charge in [-0.1, -0.05) is 35.3 Å². The zero-order valence-corrected chi connectivity index (χ0v) is 10.5. The molecule has 0 saturated carbocycles. The van der Waals surface area contributed by atoms with Gasteiger partial charge in [-0.25, -0.2) is 0 Å². The van der Waals surface area contributed by atoms with Crippen LogP contribution in [0.3, 0.4) is 0 Å². The minimum absolute atomic E-state index is 0.00296. The third-order valence-electron chi connectivity index (χ3n) is 2.13. The van der Waals surface area contributed by atoms with Crippen molar-refractivity contribution in [2.24, 2.45) is 0 Å². The summed E-state index contributed by atoms with van der Waals surface area (Å²) < 4.78 is 0. The minimum Gasteiger partial charge on any atom is -0.480 e. The van der Waals surface area contributed by atoms with E-state index in [0.717, 1.165) is 0 Å². The van der Waals surface area contributed by atoms with Crippen molar-refractivity contribution >= 4 is 35.1 Å². The smallest absolute Gasteiger partial charge is 0.325 e. The number of rotatable bonds is 4. The van der Waals surface area contributed by atoms with Crippen LogP contribution >= 0.6 is 23.2 Å². The third-order valence-corrected chi connectivity index (χ3v) is 2.99. The summed E-state index contributed by atoms with van der Waals surface area (Å²) >= 11 is 11.7. The van der Waals surface area contributed by atoms with Crippen LogP contribution in [0.15, 0.2) is 18.2 Å². The van der Waals surface area contributed by atoms with Crippen LogP contribution < -0.4 is 5.32 Å². The summed E-state index contributed by atoms with van der Waals surface area (Å²) in [6, 6.07) is 4.03. The number of carbonyl (C=O) groups is 2. The molecule has 6 heteroatoms. The van der Waals surface area contributed by atoms with Crippen LogP contribution in [0, 0.1) is 0 Å². The number of amides is 1. The first-order valence-corrected chi connectivity index (χ1v) is 5.62. The van der Waals surface area contributed by atoms with Gasteiger partial charge < -0.3 is 10.4 Å². The number of benzene rings is 1. The molecule has 0 aliphatic heterocycles. The molecule has 1 aromatic rings. The third kappa shape index (κ3) is 3.91. The molecule has 92 valence electrons. The Kier molecular flexibility index (Phi) is 4.78. The fraction of sp³-hybridized carbons (Fsp3) is 0.273. The Labute approximate surface area is 109 Å². The van der Waals surface area contributed by atoms with Gasteiger partial charge >= 0.3 is 5.97 Å². The van der Waals surface area contributed by atoms with Gasteiger partial charge in [0.05, 0.1) is 16.5 Å². The van der Waals surface area contributed by atoms with Crippen molar-refractivity contribution in [3.05, 3.63) is 33.8 Å². The molecule has 0 aliphatic rings. The van der Waals surface area contributed by atoms with Gasteiger partial charge in [-0.15, -0.1) is 0 Å². The second kappa shape index (κ2) is 5.89. The number of hydrogen-bond donors (Lipinski definition) is 2. The van der Waals surface area contributed by atoms with E-state index in [2.05, 4.69) is 5.32 Å². The minimum atomic E-state index is -1.09. The van der Waals surface area contributed by atoms with Crippen molar-refractivity contribution in [3.8, 4) is 0 Å². The highest BCUT2D eigenvalue weighted by molar-refractivity contribution is 6.42. The summed E-state index contributed by atoms with van der Waals surface area (Å²) in [6.07, 6.45) is -0.00296. The quantitative estimate of drug-likeness (QED) is 0.885. The van der Waals surface area contributed by atoms with Crippen LogP contribution in [0.2, 0.25) is 10.0 Å². The Morgan fingerprint density at radius 3 is 2.65 bits per heavy atom. The number of carboxylic acid groups (broad SMARTS) is 1. The van der Waals surface area contributed by atoms with Gasteiger partial charge in [0, 0.05) is 0 Å². The SMILES string of the molecule is C[C@@H](NC(=O)Cc1cccc(Cl)c1Cl)C(=O)O. The van der Waals surface area contributed by atoms with Crippen molar-refractivity contribution in [1.29, 1.82) is 0 Å². The summed E-state index contributed by atoms with van der Waals surface area (Å²) in [5.41, 5.74) is 0.564. The van der Waals surface area contributed by atoms with Gasteiger partial charge in [-0.2, -0.15) is 0 Å². The molecule has 0 aliphatic carbocycles. The first-order chi connectivity index (χ1) is 7.91. The number of halogens is 2. The molecule has 0 saturated heterocycles. The van der Waals surface area contributed by atoms with E-state index in [4.69, 9.17) is 28.3 Å².